The van der Waals surface area contributed by atoms with Crippen molar-refractivity contribution in [2.45, 2.75) is 38.4 Å². The maximum absolute atomic E-state index is 12.2. The van der Waals surface area contributed by atoms with Crippen LogP contribution < -0.4 is 14.2 Å². The van der Waals surface area contributed by atoms with Crippen molar-refractivity contribution in [2.24, 2.45) is 0 Å². The lowest BCUT2D eigenvalue weighted by Gasteiger charge is -2.13. The van der Waals surface area contributed by atoms with E-state index in [1.54, 1.807) is 6.07 Å². The highest BCUT2D eigenvalue weighted by Crippen LogP contribution is 2.25. The Morgan fingerprint density at radius 2 is 1.74 bits per heavy atom. The Morgan fingerprint density at radius 3 is 2.44 bits per heavy atom. The fraction of sp³-hybridized carbons (Fsp3) is 0.320. The molecule has 1 atom stereocenters. The van der Waals surface area contributed by atoms with Gasteiger partial charge in [-0.05, 0) is 82.9 Å². The van der Waals surface area contributed by atoms with Crippen LogP contribution in [0.2, 0.25) is 5.28 Å². The van der Waals surface area contributed by atoms with E-state index in [4.69, 9.17) is 21.1 Å². The molecular weight excluding hydrogens is 545 g/mol. The number of aliphatic hydroxyl groups is 1. The second-order valence-electron chi connectivity index (χ2n) is 8.52. The molecule has 0 fully saturated rings. The van der Waals surface area contributed by atoms with Crippen LogP contribution in [0.25, 0.3) is 10.9 Å². The minimum absolute atomic E-state index is 0.0232. The summed E-state index contributed by atoms with van der Waals surface area (Å²) in [5.74, 6) is 0.364. The highest BCUT2D eigenvalue weighted by atomic mass is 35.5. The molecule has 0 saturated heterocycles. The summed E-state index contributed by atoms with van der Waals surface area (Å²) in [5, 5.41) is 22.0. The topological polar surface area (TPSA) is 114 Å². The average molecular weight is 569 g/mol. The zero-order chi connectivity index (χ0) is 28.0. The molecule has 0 radical (unpaired) electrons. The number of imidazole rings is 1. The number of alkyl halides is 3. The number of nitrogens with zero attached hydrogens (tertiary/aromatic N) is 4. The second kappa shape index (κ2) is 12.3. The molecule has 1 N–H and O–H groups in total. The number of fused-ring (bicyclic) bond motifs is 1. The molecule has 2 aromatic carbocycles. The van der Waals surface area contributed by atoms with Crippen molar-refractivity contribution in [1.82, 2.24) is 14.1 Å². The van der Waals surface area contributed by atoms with E-state index in [0.717, 1.165) is 10.9 Å². The number of halogens is 4. The minimum Gasteiger partial charge on any atom is -0.494 e. The Bertz CT molecular complexity index is 1410. The predicted octanol–water partition coefficient (Wildman–Crippen LogP) is 5.60. The molecule has 0 spiro atoms. The van der Waals surface area contributed by atoms with E-state index in [0.29, 0.717) is 31.1 Å². The predicted molar refractivity (Wildman–Crippen MR) is 135 cm³/mol. The Labute approximate surface area is 225 Å². The van der Waals surface area contributed by atoms with Crippen LogP contribution in [0.4, 0.5) is 19.0 Å². The second-order valence-corrected chi connectivity index (χ2v) is 8.86. The first kappa shape index (κ1) is 28.0. The van der Waals surface area contributed by atoms with Crippen LogP contribution in [-0.2, 0) is 13.1 Å². The van der Waals surface area contributed by atoms with Crippen LogP contribution in [0.5, 0.6) is 17.2 Å². The van der Waals surface area contributed by atoms with Gasteiger partial charge < -0.3 is 34.0 Å². The molecule has 0 bridgehead atoms. The smallest absolute Gasteiger partial charge is 0.494 e. The van der Waals surface area contributed by atoms with Crippen LogP contribution in [0.1, 0.15) is 12.8 Å². The number of aromatic nitrogens is 3. The standard InChI is InChI=1S/C25H24ClF3N4O6/c26-24-30-23(33(35)36)15-32(24)12-9-18(34)16-38-21-6-7-22-17(14-21)8-11-31(22)10-1-13-37-19-2-4-20(5-3-19)39-25(27,28)29/h2-8,11,14-15,18,34H,1,9-10,12-13,16H2/t18-/m1/s1. The molecule has 4 aromatic rings. The molecule has 2 aromatic heterocycles. The van der Waals surface area contributed by atoms with Crippen molar-refractivity contribution in [1.29, 1.82) is 0 Å². The molecule has 14 heteroatoms. The van der Waals surface area contributed by atoms with Gasteiger partial charge in [0.2, 0.25) is 0 Å². The van der Waals surface area contributed by atoms with Gasteiger partial charge in [-0.1, -0.05) is 0 Å². The molecule has 0 amide bonds. The summed E-state index contributed by atoms with van der Waals surface area (Å²) in [4.78, 5) is 13.8. The van der Waals surface area contributed by atoms with E-state index in [2.05, 4.69) is 9.72 Å². The van der Waals surface area contributed by atoms with Crippen molar-refractivity contribution in [3.05, 3.63) is 76.3 Å². The van der Waals surface area contributed by atoms with Gasteiger partial charge in [-0.25, -0.2) is 0 Å². The number of ether oxygens (including phenoxy) is 3. The Balaban J connectivity index is 1.21. The first-order valence-corrected chi connectivity index (χ1v) is 12.2. The number of hydrogen-bond acceptors (Lipinski definition) is 7. The van der Waals surface area contributed by atoms with Gasteiger partial charge in [-0.2, -0.15) is 0 Å². The lowest BCUT2D eigenvalue weighted by atomic mass is 10.2. The number of benzene rings is 2. The number of hydrogen-bond donors (Lipinski definition) is 1. The van der Waals surface area contributed by atoms with Gasteiger partial charge in [0.1, 0.15) is 30.1 Å². The monoisotopic (exact) mass is 568 g/mol. The summed E-state index contributed by atoms with van der Waals surface area (Å²) in [6.07, 6.45) is -1.48. The van der Waals surface area contributed by atoms with E-state index in [1.807, 2.05) is 29.0 Å². The SMILES string of the molecule is O=[N+]([O-])c1cn(CC[C@@H](O)COc2ccc3c(ccn3CCCOc3ccc(OC(F)(F)F)cc3)c2)c(Cl)n1. The van der Waals surface area contributed by atoms with Crippen LogP contribution in [0.3, 0.4) is 0 Å². The Kier molecular flexibility index (Phi) is 8.82. The maximum atomic E-state index is 12.2. The van der Waals surface area contributed by atoms with Gasteiger partial charge in [0.15, 0.2) is 0 Å². The summed E-state index contributed by atoms with van der Waals surface area (Å²) in [7, 11) is 0. The molecule has 208 valence electrons. The fourth-order valence-corrected chi connectivity index (χ4v) is 4.03. The largest absolute Gasteiger partial charge is 0.573 e. The van der Waals surface area contributed by atoms with Gasteiger partial charge in [0.05, 0.1) is 12.7 Å². The highest BCUT2D eigenvalue weighted by Gasteiger charge is 2.31. The molecule has 0 aliphatic rings. The first-order valence-electron chi connectivity index (χ1n) is 11.8. The zero-order valence-electron chi connectivity index (χ0n) is 20.4. The van der Waals surface area contributed by atoms with Crippen LogP contribution in [-0.4, -0.2) is 49.8 Å². The highest BCUT2D eigenvalue weighted by molar-refractivity contribution is 6.28. The molecule has 0 saturated carbocycles. The summed E-state index contributed by atoms with van der Waals surface area (Å²) in [6, 6.07) is 12.7. The van der Waals surface area contributed by atoms with E-state index in [1.165, 1.54) is 35.0 Å². The third-order valence-corrected chi connectivity index (χ3v) is 5.96. The van der Waals surface area contributed by atoms with Gasteiger partial charge in [-0.3, -0.25) is 4.57 Å². The number of nitro groups is 1. The van der Waals surface area contributed by atoms with Crippen molar-refractivity contribution in [3.8, 4) is 17.2 Å². The van der Waals surface area contributed by atoms with Gasteiger partial charge in [-0.15, -0.1) is 13.2 Å². The van der Waals surface area contributed by atoms with E-state index >= 15 is 0 Å². The van der Waals surface area contributed by atoms with Crippen molar-refractivity contribution < 1.29 is 37.4 Å². The molecule has 0 unspecified atom stereocenters. The van der Waals surface area contributed by atoms with Crippen molar-refractivity contribution in [3.63, 3.8) is 0 Å². The van der Waals surface area contributed by atoms with Crippen molar-refractivity contribution >= 4 is 28.3 Å². The number of aryl methyl sites for hydroxylation is 2. The van der Waals surface area contributed by atoms with Gasteiger partial charge in [0.25, 0.3) is 0 Å². The summed E-state index contributed by atoms with van der Waals surface area (Å²) < 4.78 is 55.3. The van der Waals surface area contributed by atoms with E-state index < -0.39 is 17.4 Å². The van der Waals surface area contributed by atoms with E-state index in [-0.39, 0.29) is 36.4 Å². The lowest BCUT2D eigenvalue weighted by molar-refractivity contribution is -0.389. The third-order valence-electron chi connectivity index (χ3n) is 5.66. The van der Waals surface area contributed by atoms with Crippen LogP contribution >= 0.6 is 11.6 Å². The molecule has 4 rings (SSSR count). The molecule has 0 aliphatic heterocycles. The molecule has 10 nitrogen and oxygen atoms in total. The molecule has 39 heavy (non-hydrogen) atoms. The van der Waals surface area contributed by atoms with Gasteiger partial charge >= 0.3 is 17.5 Å². The average Bonchev–Trinajstić information content (AvgIpc) is 3.47. The molecule has 0 aliphatic carbocycles. The first-order chi connectivity index (χ1) is 18.6. The molecular formula is C25H24ClF3N4O6. The van der Waals surface area contributed by atoms with Crippen molar-refractivity contribution in [2.75, 3.05) is 13.2 Å². The molecule has 2 heterocycles. The summed E-state index contributed by atoms with van der Waals surface area (Å²) >= 11 is 5.88. The minimum atomic E-state index is -4.73. The Morgan fingerprint density at radius 1 is 1.03 bits per heavy atom. The summed E-state index contributed by atoms with van der Waals surface area (Å²) in [6.45, 7) is 1.30. The quantitative estimate of drug-likeness (QED) is 0.127. The fourth-order valence-electron chi connectivity index (χ4n) is 3.81. The number of rotatable bonds is 13. The lowest BCUT2D eigenvalue weighted by Crippen LogP contribution is -2.19. The summed E-state index contributed by atoms with van der Waals surface area (Å²) in [5.41, 5.74) is 0.980. The third kappa shape index (κ3) is 8.01. The Hall–Kier alpha value is -3.97. The van der Waals surface area contributed by atoms with Crippen LogP contribution in [0.15, 0.2) is 60.9 Å². The van der Waals surface area contributed by atoms with Crippen LogP contribution in [0, 0.1) is 10.1 Å². The normalized spacial score (nSPS) is 12.4. The zero-order valence-corrected chi connectivity index (χ0v) is 21.1. The number of aliphatic hydroxyl groups excluding tert-OH is 1. The van der Waals surface area contributed by atoms with E-state index in [9.17, 15) is 28.4 Å². The van der Waals surface area contributed by atoms with Gasteiger partial charge in [0, 0.05) is 30.2 Å². The maximum Gasteiger partial charge on any atom is 0.573 e.